The molecule has 4 N–H and O–H groups in total. The first-order valence-electron chi connectivity index (χ1n) is 5.57. The second kappa shape index (κ2) is 7.05. The van der Waals surface area contributed by atoms with Crippen molar-refractivity contribution in [2.45, 2.75) is 38.2 Å². The van der Waals surface area contributed by atoms with Crippen LogP contribution in [0.25, 0.3) is 0 Å². The molecule has 1 heterocycles. The minimum absolute atomic E-state index is 0.0439. The van der Waals surface area contributed by atoms with Gasteiger partial charge in [0, 0.05) is 19.6 Å². The summed E-state index contributed by atoms with van der Waals surface area (Å²) in [4.78, 5) is 11.4. The Morgan fingerprint density at radius 2 is 2.38 bits per heavy atom. The summed E-state index contributed by atoms with van der Waals surface area (Å²) < 4.78 is 5.45. The minimum atomic E-state index is -0.0439. The van der Waals surface area contributed by atoms with Crippen LogP contribution in [0.2, 0.25) is 0 Å². The van der Waals surface area contributed by atoms with Gasteiger partial charge in [-0.05, 0) is 19.3 Å². The Bertz CT molecular complexity index is 250. The van der Waals surface area contributed by atoms with Crippen molar-refractivity contribution in [1.29, 1.82) is 0 Å². The van der Waals surface area contributed by atoms with Crippen molar-refractivity contribution < 1.29 is 14.7 Å². The highest BCUT2D eigenvalue weighted by atomic mass is 16.5. The first-order valence-corrected chi connectivity index (χ1v) is 5.57. The van der Waals surface area contributed by atoms with E-state index < -0.39 is 0 Å². The number of carbonyl (C=O) groups excluding carboxylic acids is 1. The zero-order valence-corrected chi connectivity index (χ0v) is 9.32. The second-order valence-electron chi connectivity index (χ2n) is 3.88. The largest absolute Gasteiger partial charge is 0.409 e. The lowest BCUT2D eigenvalue weighted by Crippen LogP contribution is -2.32. The zero-order chi connectivity index (χ0) is 11.8. The van der Waals surface area contributed by atoms with Crippen molar-refractivity contribution in [3.05, 3.63) is 0 Å². The molecule has 1 saturated heterocycles. The third-order valence-electron chi connectivity index (χ3n) is 2.52. The quantitative estimate of drug-likeness (QED) is 0.271. The molecule has 1 amide bonds. The van der Waals surface area contributed by atoms with Crippen molar-refractivity contribution in [1.82, 2.24) is 5.32 Å². The van der Waals surface area contributed by atoms with Gasteiger partial charge in [-0.1, -0.05) is 5.16 Å². The van der Waals surface area contributed by atoms with Crippen LogP contribution in [0.1, 0.15) is 32.1 Å². The summed E-state index contributed by atoms with van der Waals surface area (Å²) >= 11 is 0. The fourth-order valence-electron chi connectivity index (χ4n) is 1.63. The molecule has 0 aromatic heterocycles. The molecule has 6 heteroatoms. The number of oxime groups is 1. The van der Waals surface area contributed by atoms with Gasteiger partial charge in [0.25, 0.3) is 0 Å². The van der Waals surface area contributed by atoms with E-state index in [4.69, 9.17) is 15.7 Å². The number of hydrogen-bond acceptors (Lipinski definition) is 4. The van der Waals surface area contributed by atoms with Crippen LogP contribution in [0.15, 0.2) is 5.16 Å². The second-order valence-corrected chi connectivity index (χ2v) is 3.88. The Labute approximate surface area is 94.8 Å². The fraction of sp³-hybridized carbons (Fsp3) is 0.800. The number of amides is 1. The minimum Gasteiger partial charge on any atom is -0.409 e. The van der Waals surface area contributed by atoms with Crippen LogP contribution in [-0.2, 0) is 9.53 Å². The predicted molar refractivity (Wildman–Crippen MR) is 59.2 cm³/mol. The maximum absolute atomic E-state index is 11.4. The summed E-state index contributed by atoms with van der Waals surface area (Å²) in [6.07, 6.45) is 3.97. The third-order valence-corrected chi connectivity index (χ3v) is 2.52. The molecule has 6 nitrogen and oxygen atoms in total. The molecule has 0 spiro atoms. The number of rotatable bonds is 5. The van der Waals surface area contributed by atoms with E-state index in [0.29, 0.717) is 19.4 Å². The van der Waals surface area contributed by atoms with Crippen molar-refractivity contribution in [2.75, 3.05) is 13.2 Å². The maximum Gasteiger partial charge on any atom is 0.222 e. The van der Waals surface area contributed by atoms with Gasteiger partial charge in [-0.2, -0.15) is 0 Å². The van der Waals surface area contributed by atoms with Crippen molar-refractivity contribution >= 4 is 11.7 Å². The monoisotopic (exact) mass is 229 g/mol. The van der Waals surface area contributed by atoms with E-state index in [1.165, 1.54) is 0 Å². The van der Waals surface area contributed by atoms with Gasteiger partial charge in [0.2, 0.25) is 5.91 Å². The van der Waals surface area contributed by atoms with Gasteiger partial charge >= 0.3 is 0 Å². The van der Waals surface area contributed by atoms with Gasteiger partial charge < -0.3 is 21.0 Å². The van der Waals surface area contributed by atoms with Gasteiger partial charge in [0.15, 0.2) is 0 Å². The van der Waals surface area contributed by atoms with Crippen LogP contribution in [-0.4, -0.2) is 36.2 Å². The maximum atomic E-state index is 11.4. The van der Waals surface area contributed by atoms with E-state index in [1.54, 1.807) is 0 Å². The lowest BCUT2D eigenvalue weighted by Gasteiger charge is -2.21. The number of carbonyl (C=O) groups is 1. The van der Waals surface area contributed by atoms with Gasteiger partial charge in [-0.15, -0.1) is 0 Å². The highest BCUT2D eigenvalue weighted by Gasteiger charge is 2.17. The lowest BCUT2D eigenvalue weighted by molar-refractivity contribution is -0.124. The predicted octanol–water partition coefficient (Wildman–Crippen LogP) is 0.198. The Hall–Kier alpha value is -1.30. The molecule has 1 rings (SSSR count). The van der Waals surface area contributed by atoms with Gasteiger partial charge in [0.05, 0.1) is 12.5 Å². The molecule has 1 atom stereocenters. The Morgan fingerprint density at radius 3 is 3.00 bits per heavy atom. The molecule has 0 aromatic rings. The SMILES string of the molecule is NC(CCNC(=O)CC1CCCCO1)=NO. The smallest absolute Gasteiger partial charge is 0.222 e. The van der Waals surface area contributed by atoms with Crippen molar-refractivity contribution in [2.24, 2.45) is 10.9 Å². The third kappa shape index (κ3) is 4.97. The van der Waals surface area contributed by atoms with E-state index in [9.17, 15) is 4.79 Å². The Balaban J connectivity index is 2.10. The van der Waals surface area contributed by atoms with Crippen molar-refractivity contribution in [3.63, 3.8) is 0 Å². The summed E-state index contributed by atoms with van der Waals surface area (Å²) in [6, 6.07) is 0. The average molecular weight is 229 g/mol. The Morgan fingerprint density at radius 1 is 1.56 bits per heavy atom. The molecule has 1 aliphatic rings. The number of nitrogens with two attached hydrogens (primary N) is 1. The summed E-state index contributed by atoms with van der Waals surface area (Å²) in [7, 11) is 0. The van der Waals surface area contributed by atoms with E-state index in [2.05, 4.69) is 10.5 Å². The number of amidine groups is 1. The van der Waals surface area contributed by atoms with Crippen LogP contribution >= 0.6 is 0 Å². The number of hydrogen-bond donors (Lipinski definition) is 3. The van der Waals surface area contributed by atoms with E-state index in [-0.39, 0.29) is 17.8 Å². The van der Waals surface area contributed by atoms with Crippen LogP contribution in [0.5, 0.6) is 0 Å². The lowest BCUT2D eigenvalue weighted by atomic mass is 10.1. The highest BCUT2D eigenvalue weighted by Crippen LogP contribution is 2.15. The molecular formula is C10H19N3O3. The van der Waals surface area contributed by atoms with Crippen molar-refractivity contribution in [3.8, 4) is 0 Å². The molecule has 16 heavy (non-hydrogen) atoms. The number of nitrogens with zero attached hydrogens (tertiary/aromatic N) is 1. The van der Waals surface area contributed by atoms with E-state index in [1.807, 2.05) is 0 Å². The molecule has 1 aliphatic heterocycles. The summed E-state index contributed by atoms with van der Waals surface area (Å²) in [6.45, 7) is 1.14. The molecule has 0 radical (unpaired) electrons. The Kier molecular flexibility index (Phi) is 5.63. The average Bonchev–Trinajstić information content (AvgIpc) is 2.30. The van der Waals surface area contributed by atoms with E-state index in [0.717, 1.165) is 25.9 Å². The molecule has 0 aromatic carbocycles. The molecule has 1 fully saturated rings. The highest BCUT2D eigenvalue weighted by molar-refractivity contribution is 5.81. The van der Waals surface area contributed by atoms with E-state index >= 15 is 0 Å². The van der Waals surface area contributed by atoms with Gasteiger partial charge in [0.1, 0.15) is 5.84 Å². The van der Waals surface area contributed by atoms with Gasteiger partial charge in [-0.25, -0.2) is 0 Å². The number of nitrogens with one attached hydrogen (secondary N) is 1. The standard InChI is InChI=1S/C10H19N3O3/c11-9(13-15)4-5-12-10(14)7-8-3-1-2-6-16-8/h8,15H,1-7H2,(H2,11,13)(H,12,14). The van der Waals surface area contributed by atoms with Crippen LogP contribution in [0.4, 0.5) is 0 Å². The summed E-state index contributed by atoms with van der Waals surface area (Å²) in [5, 5.41) is 13.8. The molecule has 0 saturated carbocycles. The van der Waals surface area contributed by atoms with Gasteiger partial charge in [-0.3, -0.25) is 4.79 Å². The molecule has 1 unspecified atom stereocenters. The van der Waals surface area contributed by atoms with Crippen LogP contribution < -0.4 is 11.1 Å². The molecule has 0 bridgehead atoms. The first kappa shape index (κ1) is 12.8. The molecule has 0 aliphatic carbocycles. The van der Waals surface area contributed by atoms with Crippen LogP contribution in [0, 0.1) is 0 Å². The normalized spacial score (nSPS) is 21.8. The zero-order valence-electron chi connectivity index (χ0n) is 9.32. The number of ether oxygens (including phenoxy) is 1. The van der Waals surface area contributed by atoms with Crippen LogP contribution in [0.3, 0.4) is 0 Å². The first-order chi connectivity index (χ1) is 7.72. The topological polar surface area (TPSA) is 96.9 Å². The summed E-state index contributed by atoms with van der Waals surface area (Å²) in [5.74, 6) is 0.0758. The molecular weight excluding hydrogens is 210 g/mol. The fourth-order valence-corrected chi connectivity index (χ4v) is 1.63. The summed E-state index contributed by atoms with van der Waals surface area (Å²) in [5.41, 5.74) is 5.27. The molecule has 92 valence electrons.